The van der Waals surface area contributed by atoms with Crippen molar-refractivity contribution in [2.45, 2.75) is 25.5 Å². The standard InChI is InChI=1S/C19H23FN2O2/c20-19-12-16(15-5-7-21-8-6-15)3-4-17(19)13-22-9-1-2-18(14-22)24-11-10-23/h3-8,12,18,23H,1-2,9-11,13-14H2. The Bertz CT molecular complexity index is 651. The molecule has 128 valence electrons. The zero-order valence-electron chi connectivity index (χ0n) is 13.7. The van der Waals surface area contributed by atoms with Gasteiger partial charge in [0.05, 0.1) is 19.3 Å². The van der Waals surface area contributed by atoms with E-state index >= 15 is 0 Å². The van der Waals surface area contributed by atoms with Crippen LogP contribution in [0.1, 0.15) is 18.4 Å². The van der Waals surface area contributed by atoms with Crippen LogP contribution in [0.15, 0.2) is 42.7 Å². The van der Waals surface area contributed by atoms with E-state index in [1.165, 1.54) is 0 Å². The number of benzene rings is 1. The molecule has 1 fully saturated rings. The summed E-state index contributed by atoms with van der Waals surface area (Å²) >= 11 is 0. The minimum atomic E-state index is -0.178. The Morgan fingerprint density at radius 3 is 2.79 bits per heavy atom. The van der Waals surface area contributed by atoms with Crippen LogP contribution in [0.2, 0.25) is 0 Å². The van der Waals surface area contributed by atoms with Crippen LogP contribution in [0.5, 0.6) is 0 Å². The molecule has 0 amide bonds. The smallest absolute Gasteiger partial charge is 0.128 e. The first-order valence-corrected chi connectivity index (χ1v) is 8.40. The van der Waals surface area contributed by atoms with Crippen LogP contribution in [0.3, 0.4) is 0 Å². The molecule has 1 aliphatic heterocycles. The third-order valence-corrected chi connectivity index (χ3v) is 4.37. The van der Waals surface area contributed by atoms with Crippen molar-refractivity contribution < 1.29 is 14.2 Å². The predicted molar refractivity (Wildman–Crippen MR) is 91.0 cm³/mol. The number of nitrogens with zero attached hydrogens (tertiary/aromatic N) is 2. The molecule has 1 N–H and O–H groups in total. The average Bonchev–Trinajstić information content (AvgIpc) is 2.63. The second-order valence-electron chi connectivity index (χ2n) is 6.14. The number of aromatic nitrogens is 1. The Hall–Kier alpha value is -1.82. The van der Waals surface area contributed by atoms with Crippen molar-refractivity contribution in [1.29, 1.82) is 0 Å². The summed E-state index contributed by atoms with van der Waals surface area (Å²) in [4.78, 5) is 6.21. The molecule has 1 aliphatic rings. The summed E-state index contributed by atoms with van der Waals surface area (Å²) in [6.07, 6.45) is 5.58. The number of hydrogen-bond donors (Lipinski definition) is 1. The van der Waals surface area contributed by atoms with E-state index in [0.717, 1.165) is 37.1 Å². The van der Waals surface area contributed by atoms with Crippen LogP contribution in [-0.4, -0.2) is 47.4 Å². The van der Waals surface area contributed by atoms with Crippen LogP contribution in [0, 0.1) is 5.82 Å². The van der Waals surface area contributed by atoms with Gasteiger partial charge in [-0.15, -0.1) is 0 Å². The van der Waals surface area contributed by atoms with Crippen LogP contribution in [0.4, 0.5) is 4.39 Å². The first kappa shape index (κ1) is 17.0. The number of piperidine rings is 1. The zero-order valence-corrected chi connectivity index (χ0v) is 13.7. The molecule has 0 saturated carbocycles. The van der Waals surface area contributed by atoms with E-state index in [0.29, 0.717) is 18.7 Å². The number of likely N-dealkylation sites (tertiary alicyclic amines) is 1. The average molecular weight is 330 g/mol. The number of aliphatic hydroxyl groups excluding tert-OH is 1. The van der Waals surface area contributed by atoms with Gasteiger partial charge in [-0.25, -0.2) is 4.39 Å². The molecule has 1 saturated heterocycles. The molecule has 0 aliphatic carbocycles. The number of pyridine rings is 1. The van der Waals surface area contributed by atoms with E-state index in [1.807, 2.05) is 24.3 Å². The van der Waals surface area contributed by atoms with E-state index < -0.39 is 0 Å². The summed E-state index contributed by atoms with van der Waals surface area (Å²) in [6.45, 7) is 2.73. The lowest BCUT2D eigenvalue weighted by Crippen LogP contribution is -2.39. The largest absolute Gasteiger partial charge is 0.394 e. The van der Waals surface area contributed by atoms with E-state index in [1.54, 1.807) is 18.5 Å². The van der Waals surface area contributed by atoms with Crippen LogP contribution >= 0.6 is 0 Å². The van der Waals surface area contributed by atoms with Gasteiger partial charge in [0.25, 0.3) is 0 Å². The first-order valence-electron chi connectivity index (χ1n) is 8.40. The van der Waals surface area contributed by atoms with Gasteiger partial charge in [-0.1, -0.05) is 12.1 Å². The maximum Gasteiger partial charge on any atom is 0.128 e. The van der Waals surface area contributed by atoms with Crippen molar-refractivity contribution in [3.8, 4) is 11.1 Å². The summed E-state index contributed by atoms with van der Waals surface area (Å²) in [5, 5.41) is 8.86. The van der Waals surface area contributed by atoms with Gasteiger partial charge >= 0.3 is 0 Å². The van der Waals surface area contributed by atoms with Gasteiger partial charge in [0.1, 0.15) is 5.82 Å². The van der Waals surface area contributed by atoms with Crippen molar-refractivity contribution in [3.05, 3.63) is 54.1 Å². The summed E-state index contributed by atoms with van der Waals surface area (Å²) in [6, 6.07) is 9.17. The van der Waals surface area contributed by atoms with Crippen LogP contribution in [0.25, 0.3) is 11.1 Å². The third kappa shape index (κ3) is 4.38. The minimum absolute atomic E-state index is 0.0433. The molecule has 1 aromatic carbocycles. The number of halogens is 1. The zero-order chi connectivity index (χ0) is 16.8. The molecule has 2 aromatic rings. The fraction of sp³-hybridized carbons (Fsp3) is 0.421. The summed E-state index contributed by atoms with van der Waals surface area (Å²) in [7, 11) is 0. The van der Waals surface area contributed by atoms with Gasteiger partial charge in [-0.2, -0.15) is 0 Å². The van der Waals surface area contributed by atoms with Gasteiger partial charge in [0.15, 0.2) is 0 Å². The lowest BCUT2D eigenvalue weighted by atomic mass is 10.0. The van der Waals surface area contributed by atoms with Gasteiger partial charge in [-0.05, 0) is 48.7 Å². The van der Waals surface area contributed by atoms with Gasteiger partial charge < -0.3 is 9.84 Å². The van der Waals surface area contributed by atoms with Gasteiger partial charge in [-0.3, -0.25) is 9.88 Å². The van der Waals surface area contributed by atoms with E-state index in [9.17, 15) is 4.39 Å². The van der Waals surface area contributed by atoms with Crippen LogP contribution < -0.4 is 0 Å². The SMILES string of the molecule is OCCOC1CCCN(Cc2ccc(-c3ccncc3)cc2F)C1. The molecule has 0 spiro atoms. The maximum absolute atomic E-state index is 14.5. The lowest BCUT2D eigenvalue weighted by Gasteiger charge is -2.32. The van der Waals surface area contributed by atoms with Crippen molar-refractivity contribution in [2.24, 2.45) is 0 Å². The third-order valence-electron chi connectivity index (χ3n) is 4.37. The highest BCUT2D eigenvalue weighted by molar-refractivity contribution is 5.63. The van der Waals surface area contributed by atoms with Crippen molar-refractivity contribution >= 4 is 0 Å². The Balaban J connectivity index is 1.65. The molecule has 1 atom stereocenters. The van der Waals surface area contributed by atoms with Crippen LogP contribution in [-0.2, 0) is 11.3 Å². The monoisotopic (exact) mass is 330 g/mol. The Morgan fingerprint density at radius 1 is 1.21 bits per heavy atom. The normalized spacial score (nSPS) is 18.7. The second kappa shape index (κ2) is 8.33. The molecule has 4 nitrogen and oxygen atoms in total. The van der Waals surface area contributed by atoms with Crippen molar-refractivity contribution in [3.63, 3.8) is 0 Å². The highest BCUT2D eigenvalue weighted by Crippen LogP contribution is 2.23. The van der Waals surface area contributed by atoms with E-state index in [2.05, 4.69) is 9.88 Å². The fourth-order valence-electron chi connectivity index (χ4n) is 3.15. The molecule has 1 unspecified atom stereocenters. The Morgan fingerprint density at radius 2 is 2.04 bits per heavy atom. The number of aliphatic hydroxyl groups is 1. The van der Waals surface area contributed by atoms with E-state index in [4.69, 9.17) is 9.84 Å². The second-order valence-corrected chi connectivity index (χ2v) is 6.14. The topological polar surface area (TPSA) is 45.6 Å². The highest BCUT2D eigenvalue weighted by atomic mass is 19.1. The molecular formula is C19H23FN2O2. The summed E-state index contributed by atoms with van der Waals surface area (Å²) < 4.78 is 20.1. The Kier molecular flexibility index (Phi) is 5.91. The molecule has 0 radical (unpaired) electrons. The number of hydrogen-bond acceptors (Lipinski definition) is 4. The predicted octanol–water partition coefficient (Wildman–Crippen LogP) is 2.86. The van der Waals surface area contributed by atoms with Crippen molar-refractivity contribution in [2.75, 3.05) is 26.3 Å². The van der Waals surface area contributed by atoms with Gasteiger partial charge in [0.2, 0.25) is 0 Å². The lowest BCUT2D eigenvalue weighted by molar-refractivity contribution is -0.0164. The number of ether oxygens (including phenoxy) is 1. The Labute approximate surface area is 141 Å². The molecule has 5 heteroatoms. The highest BCUT2D eigenvalue weighted by Gasteiger charge is 2.21. The molecule has 24 heavy (non-hydrogen) atoms. The number of rotatable bonds is 6. The molecule has 0 bridgehead atoms. The quantitative estimate of drug-likeness (QED) is 0.885. The first-order chi connectivity index (χ1) is 11.8. The summed E-state index contributed by atoms with van der Waals surface area (Å²) in [5.74, 6) is -0.178. The molecule has 2 heterocycles. The maximum atomic E-state index is 14.5. The fourth-order valence-corrected chi connectivity index (χ4v) is 3.15. The molecule has 3 rings (SSSR count). The van der Waals surface area contributed by atoms with Crippen molar-refractivity contribution in [1.82, 2.24) is 9.88 Å². The summed E-state index contributed by atoms with van der Waals surface area (Å²) in [5.41, 5.74) is 2.53. The van der Waals surface area contributed by atoms with Gasteiger partial charge in [0, 0.05) is 31.0 Å². The minimum Gasteiger partial charge on any atom is -0.394 e. The molecular weight excluding hydrogens is 307 g/mol. The van der Waals surface area contributed by atoms with E-state index in [-0.39, 0.29) is 18.5 Å². The molecule has 1 aromatic heterocycles.